The van der Waals surface area contributed by atoms with Crippen LogP contribution in [0.4, 0.5) is 0 Å². The lowest BCUT2D eigenvalue weighted by Crippen LogP contribution is -2.42. The van der Waals surface area contributed by atoms with Crippen molar-refractivity contribution < 1.29 is 9.53 Å². The van der Waals surface area contributed by atoms with E-state index in [1.165, 1.54) is 0 Å². The molecule has 0 saturated carbocycles. The summed E-state index contributed by atoms with van der Waals surface area (Å²) in [7, 11) is 0. The number of benzene rings is 1. The number of likely N-dealkylation sites (tertiary alicyclic amines) is 1. The highest BCUT2D eigenvalue weighted by Crippen LogP contribution is 2.17. The summed E-state index contributed by atoms with van der Waals surface area (Å²) in [4.78, 5) is 13.8. The van der Waals surface area contributed by atoms with Crippen LogP contribution >= 0.6 is 35.0 Å². The third-order valence-corrected chi connectivity index (χ3v) is 3.86. The summed E-state index contributed by atoms with van der Waals surface area (Å²) in [5.41, 5.74) is 5.65. The molecule has 6 heteroatoms. The summed E-state index contributed by atoms with van der Waals surface area (Å²) in [6.07, 6.45) is 2.04. The Kier molecular flexibility index (Phi) is 6.88. The molecule has 1 aromatic rings. The van der Waals surface area contributed by atoms with Gasteiger partial charge in [-0.15, -0.1) is 12.4 Å². The van der Waals surface area contributed by atoms with E-state index in [-0.39, 0.29) is 31.0 Å². The van der Waals surface area contributed by atoms with Gasteiger partial charge in [0.1, 0.15) is 5.75 Å². The molecule has 1 saturated heterocycles. The molecule has 0 spiro atoms. The highest BCUT2D eigenvalue weighted by molar-refractivity contribution is 14.1. The van der Waals surface area contributed by atoms with Crippen molar-refractivity contribution in [3.05, 3.63) is 27.8 Å². The SMILES string of the molecule is Cl.NCC1CCCN1C(=O)COc1ccc(I)cc1. The van der Waals surface area contributed by atoms with Gasteiger partial charge in [-0.3, -0.25) is 4.79 Å². The van der Waals surface area contributed by atoms with Gasteiger partial charge in [-0.05, 0) is 59.7 Å². The van der Waals surface area contributed by atoms with Crippen LogP contribution in [0.3, 0.4) is 0 Å². The Morgan fingerprint density at radius 1 is 1.42 bits per heavy atom. The van der Waals surface area contributed by atoms with Gasteiger partial charge in [0.15, 0.2) is 6.61 Å². The molecule has 0 radical (unpaired) electrons. The number of carbonyl (C=O) groups excluding carboxylic acids is 1. The fourth-order valence-corrected chi connectivity index (χ4v) is 2.53. The van der Waals surface area contributed by atoms with E-state index in [1.54, 1.807) is 0 Å². The Morgan fingerprint density at radius 2 is 2.11 bits per heavy atom. The molecule has 1 aliphatic heterocycles. The number of ether oxygens (including phenoxy) is 1. The molecule has 1 atom stereocenters. The smallest absolute Gasteiger partial charge is 0.260 e. The largest absolute Gasteiger partial charge is 0.484 e. The molecular weight excluding hydrogens is 379 g/mol. The molecule has 0 aromatic heterocycles. The van der Waals surface area contributed by atoms with Gasteiger partial charge >= 0.3 is 0 Å². The van der Waals surface area contributed by atoms with Crippen molar-refractivity contribution in [1.29, 1.82) is 0 Å². The van der Waals surface area contributed by atoms with E-state index < -0.39 is 0 Å². The summed E-state index contributed by atoms with van der Waals surface area (Å²) in [6.45, 7) is 1.43. The number of hydrogen-bond donors (Lipinski definition) is 1. The van der Waals surface area contributed by atoms with E-state index >= 15 is 0 Å². The van der Waals surface area contributed by atoms with Crippen LogP contribution in [-0.2, 0) is 4.79 Å². The van der Waals surface area contributed by atoms with Crippen molar-refractivity contribution >= 4 is 40.9 Å². The van der Waals surface area contributed by atoms with Crippen molar-refractivity contribution in [3.8, 4) is 5.75 Å². The minimum Gasteiger partial charge on any atom is -0.484 e. The molecule has 19 heavy (non-hydrogen) atoms. The summed E-state index contributed by atoms with van der Waals surface area (Å²) < 4.78 is 6.64. The summed E-state index contributed by atoms with van der Waals surface area (Å²) in [5, 5.41) is 0. The highest BCUT2D eigenvalue weighted by atomic mass is 127. The standard InChI is InChI=1S/C13H17IN2O2.ClH/c14-10-3-5-12(6-4-10)18-9-13(17)16-7-1-2-11(16)8-15;/h3-6,11H,1-2,7-9,15H2;1H. The van der Waals surface area contributed by atoms with Crippen LogP contribution in [0, 0.1) is 3.57 Å². The van der Waals surface area contributed by atoms with Crippen LogP contribution in [-0.4, -0.2) is 36.5 Å². The third-order valence-electron chi connectivity index (χ3n) is 3.15. The first-order valence-electron chi connectivity index (χ1n) is 6.08. The predicted molar refractivity (Wildman–Crippen MR) is 85.7 cm³/mol. The molecule has 2 N–H and O–H groups in total. The number of rotatable bonds is 4. The Hall–Kier alpha value is -0.530. The Morgan fingerprint density at radius 3 is 2.74 bits per heavy atom. The van der Waals surface area contributed by atoms with Crippen molar-refractivity contribution in [3.63, 3.8) is 0 Å². The molecule has 1 aromatic carbocycles. The van der Waals surface area contributed by atoms with E-state index in [9.17, 15) is 4.79 Å². The first-order chi connectivity index (χ1) is 8.70. The van der Waals surface area contributed by atoms with Crippen LogP contribution in [0.1, 0.15) is 12.8 Å². The van der Waals surface area contributed by atoms with Gasteiger partial charge in [-0.2, -0.15) is 0 Å². The molecule has 2 rings (SSSR count). The van der Waals surface area contributed by atoms with Gasteiger partial charge in [0.25, 0.3) is 5.91 Å². The van der Waals surface area contributed by atoms with Crippen molar-refractivity contribution in [2.24, 2.45) is 5.73 Å². The molecule has 1 aliphatic rings. The average molecular weight is 397 g/mol. The van der Waals surface area contributed by atoms with Crippen molar-refractivity contribution in [1.82, 2.24) is 4.90 Å². The zero-order valence-electron chi connectivity index (χ0n) is 10.5. The number of carbonyl (C=O) groups is 1. The molecule has 0 bridgehead atoms. The number of halogens is 2. The Bertz CT molecular complexity index is 414. The summed E-state index contributed by atoms with van der Waals surface area (Å²) in [5.74, 6) is 0.758. The van der Waals surface area contributed by atoms with Crippen LogP contribution in [0.15, 0.2) is 24.3 Å². The second kappa shape index (κ2) is 7.91. The second-order valence-corrected chi connectivity index (χ2v) is 5.61. The van der Waals surface area contributed by atoms with Crippen LogP contribution < -0.4 is 10.5 Å². The predicted octanol–water partition coefficient (Wildman–Crippen LogP) is 2.04. The molecule has 0 aliphatic carbocycles. The third kappa shape index (κ3) is 4.50. The second-order valence-electron chi connectivity index (χ2n) is 4.36. The maximum absolute atomic E-state index is 12.0. The van der Waals surface area contributed by atoms with Gasteiger partial charge in [0.05, 0.1) is 0 Å². The maximum Gasteiger partial charge on any atom is 0.260 e. The van der Waals surface area contributed by atoms with Crippen molar-refractivity contribution in [2.75, 3.05) is 19.7 Å². The van der Waals surface area contributed by atoms with E-state index in [4.69, 9.17) is 10.5 Å². The first kappa shape index (κ1) is 16.5. The number of hydrogen-bond acceptors (Lipinski definition) is 3. The van der Waals surface area contributed by atoms with Gasteiger partial charge in [0, 0.05) is 22.7 Å². The molecule has 1 unspecified atom stereocenters. The Balaban J connectivity index is 0.00000180. The molecule has 1 amide bonds. The summed E-state index contributed by atoms with van der Waals surface area (Å²) in [6, 6.07) is 7.86. The number of nitrogens with two attached hydrogens (primary N) is 1. The van der Waals surface area contributed by atoms with E-state index in [0.29, 0.717) is 6.54 Å². The summed E-state index contributed by atoms with van der Waals surface area (Å²) >= 11 is 2.23. The lowest BCUT2D eigenvalue weighted by molar-refractivity contribution is -0.134. The molecular formula is C13H18ClIN2O2. The minimum absolute atomic E-state index is 0. The first-order valence-corrected chi connectivity index (χ1v) is 7.16. The number of nitrogens with zero attached hydrogens (tertiary/aromatic N) is 1. The van der Waals surface area contributed by atoms with Crippen LogP contribution in [0.2, 0.25) is 0 Å². The lowest BCUT2D eigenvalue weighted by Gasteiger charge is -2.23. The van der Waals surface area contributed by atoms with Gasteiger partial charge in [-0.25, -0.2) is 0 Å². The normalized spacial score (nSPS) is 18.0. The van der Waals surface area contributed by atoms with E-state index in [0.717, 1.165) is 28.7 Å². The molecule has 4 nitrogen and oxygen atoms in total. The van der Waals surface area contributed by atoms with E-state index in [1.807, 2.05) is 29.2 Å². The van der Waals surface area contributed by atoms with E-state index in [2.05, 4.69) is 22.6 Å². The number of amides is 1. The lowest BCUT2D eigenvalue weighted by atomic mass is 10.2. The topological polar surface area (TPSA) is 55.6 Å². The van der Waals surface area contributed by atoms with Gasteiger partial charge in [-0.1, -0.05) is 0 Å². The maximum atomic E-state index is 12.0. The fourth-order valence-electron chi connectivity index (χ4n) is 2.17. The molecule has 1 fully saturated rings. The fraction of sp³-hybridized carbons (Fsp3) is 0.462. The minimum atomic E-state index is 0. The van der Waals surface area contributed by atoms with Gasteiger partial charge < -0.3 is 15.4 Å². The molecule has 1 heterocycles. The highest BCUT2D eigenvalue weighted by Gasteiger charge is 2.27. The zero-order valence-corrected chi connectivity index (χ0v) is 13.5. The monoisotopic (exact) mass is 396 g/mol. The van der Waals surface area contributed by atoms with Crippen molar-refractivity contribution in [2.45, 2.75) is 18.9 Å². The Labute approximate surface area is 133 Å². The zero-order chi connectivity index (χ0) is 13.0. The molecule has 106 valence electrons. The van der Waals surface area contributed by atoms with Crippen LogP contribution in [0.25, 0.3) is 0 Å². The quantitative estimate of drug-likeness (QED) is 0.793. The average Bonchev–Trinajstić information content (AvgIpc) is 2.86. The van der Waals surface area contributed by atoms with Gasteiger partial charge in [0.2, 0.25) is 0 Å². The van der Waals surface area contributed by atoms with Crippen LogP contribution in [0.5, 0.6) is 5.75 Å².